The largest absolute Gasteiger partial charge is 0.361 e. The van der Waals surface area contributed by atoms with E-state index in [-0.39, 0.29) is 12.3 Å². The molecule has 3 aromatic rings. The van der Waals surface area contributed by atoms with E-state index in [9.17, 15) is 4.79 Å². The summed E-state index contributed by atoms with van der Waals surface area (Å²) in [5.41, 5.74) is 7.25. The molecule has 2 aromatic heterocycles. The van der Waals surface area contributed by atoms with Crippen LogP contribution in [0.4, 0.5) is 5.13 Å². The first kappa shape index (κ1) is 17.4. The van der Waals surface area contributed by atoms with Crippen molar-refractivity contribution < 1.29 is 9.32 Å². The lowest BCUT2D eigenvalue weighted by Crippen LogP contribution is -2.15. The maximum absolute atomic E-state index is 12.3. The number of anilines is 1. The van der Waals surface area contributed by atoms with Gasteiger partial charge in [-0.2, -0.15) is 0 Å². The molecule has 3 rings (SSSR count). The van der Waals surface area contributed by atoms with E-state index in [1.165, 1.54) is 28.0 Å². The summed E-state index contributed by atoms with van der Waals surface area (Å²) < 4.78 is 5.10. The van der Waals surface area contributed by atoms with E-state index < -0.39 is 0 Å². The van der Waals surface area contributed by atoms with Crippen LogP contribution in [0.1, 0.15) is 33.7 Å². The summed E-state index contributed by atoms with van der Waals surface area (Å²) >= 11 is 1.43. The van der Waals surface area contributed by atoms with Gasteiger partial charge in [0.25, 0.3) is 0 Å². The van der Waals surface area contributed by atoms with Gasteiger partial charge in [0.15, 0.2) is 5.13 Å². The number of benzene rings is 1. The molecule has 6 heteroatoms. The fourth-order valence-corrected chi connectivity index (χ4v) is 3.50. The molecule has 0 aliphatic rings. The van der Waals surface area contributed by atoms with E-state index in [1.807, 2.05) is 19.2 Å². The molecule has 1 amide bonds. The van der Waals surface area contributed by atoms with Crippen molar-refractivity contribution >= 4 is 22.4 Å². The molecule has 0 bridgehead atoms. The first-order valence-electron chi connectivity index (χ1n) is 8.10. The lowest BCUT2D eigenvalue weighted by molar-refractivity contribution is -0.115. The Hall–Kier alpha value is -2.47. The van der Waals surface area contributed by atoms with Crippen molar-refractivity contribution in [2.24, 2.45) is 0 Å². The van der Waals surface area contributed by atoms with Gasteiger partial charge in [0, 0.05) is 16.5 Å². The quantitative estimate of drug-likeness (QED) is 0.747. The average Bonchev–Trinajstić information content (AvgIpc) is 3.12. The Morgan fingerprint density at radius 3 is 2.52 bits per heavy atom. The number of carbonyl (C=O) groups excluding carboxylic acids is 1. The molecule has 130 valence electrons. The van der Waals surface area contributed by atoms with Gasteiger partial charge < -0.3 is 9.84 Å². The van der Waals surface area contributed by atoms with Crippen LogP contribution in [0.5, 0.6) is 0 Å². The number of nitrogens with zero attached hydrogens (tertiary/aromatic N) is 2. The second kappa shape index (κ2) is 6.80. The average molecular weight is 355 g/mol. The molecule has 5 nitrogen and oxygen atoms in total. The van der Waals surface area contributed by atoms with Crippen LogP contribution in [0, 0.1) is 34.6 Å². The highest BCUT2D eigenvalue weighted by Gasteiger charge is 2.15. The summed E-state index contributed by atoms with van der Waals surface area (Å²) in [6.07, 6.45) is 0.235. The van der Waals surface area contributed by atoms with E-state index in [2.05, 4.69) is 48.4 Å². The van der Waals surface area contributed by atoms with Crippen molar-refractivity contribution in [3.63, 3.8) is 0 Å². The van der Waals surface area contributed by atoms with Gasteiger partial charge in [-0.1, -0.05) is 11.2 Å². The molecule has 0 aliphatic carbocycles. The number of nitrogens with one attached hydrogen (secondary N) is 1. The number of hydrogen-bond donors (Lipinski definition) is 1. The van der Waals surface area contributed by atoms with E-state index >= 15 is 0 Å². The predicted octanol–water partition coefficient (Wildman–Crippen LogP) is 4.52. The summed E-state index contributed by atoms with van der Waals surface area (Å²) in [5.74, 6) is 0.561. The molecular formula is C19H21N3O2S. The maximum atomic E-state index is 12.3. The van der Waals surface area contributed by atoms with Crippen LogP contribution in [0.3, 0.4) is 0 Å². The molecule has 0 atom stereocenters. The van der Waals surface area contributed by atoms with Crippen molar-refractivity contribution in [1.29, 1.82) is 0 Å². The highest BCUT2D eigenvalue weighted by Crippen LogP contribution is 2.29. The summed E-state index contributed by atoms with van der Waals surface area (Å²) in [6.45, 7) is 9.93. The third kappa shape index (κ3) is 3.64. The monoisotopic (exact) mass is 355 g/mol. The van der Waals surface area contributed by atoms with Gasteiger partial charge in [0.2, 0.25) is 5.91 Å². The highest BCUT2D eigenvalue weighted by atomic mass is 32.1. The van der Waals surface area contributed by atoms with E-state index in [4.69, 9.17) is 4.52 Å². The van der Waals surface area contributed by atoms with Crippen molar-refractivity contribution in [1.82, 2.24) is 10.1 Å². The molecule has 2 heterocycles. The Kier molecular flexibility index (Phi) is 4.72. The number of thiazole rings is 1. The zero-order valence-corrected chi connectivity index (χ0v) is 15.9. The second-order valence-electron chi connectivity index (χ2n) is 6.32. The first-order valence-corrected chi connectivity index (χ1v) is 8.98. The smallest absolute Gasteiger partial charge is 0.230 e. The Morgan fingerprint density at radius 1 is 1.12 bits per heavy atom. The van der Waals surface area contributed by atoms with Gasteiger partial charge in [0.05, 0.1) is 17.8 Å². The van der Waals surface area contributed by atoms with Gasteiger partial charge in [-0.05, 0) is 57.4 Å². The summed E-state index contributed by atoms with van der Waals surface area (Å²) in [4.78, 5) is 16.9. The lowest BCUT2D eigenvalue weighted by Gasteiger charge is -2.07. The van der Waals surface area contributed by atoms with Gasteiger partial charge in [-0.3, -0.25) is 4.79 Å². The molecule has 0 aliphatic heterocycles. The minimum absolute atomic E-state index is 0.118. The van der Waals surface area contributed by atoms with E-state index in [1.54, 1.807) is 0 Å². The fraction of sp³-hybridized carbons (Fsp3) is 0.316. The lowest BCUT2D eigenvalue weighted by atomic mass is 9.99. The number of hydrogen-bond acceptors (Lipinski definition) is 5. The first-order chi connectivity index (χ1) is 11.8. The molecule has 1 N–H and O–H groups in total. The zero-order valence-electron chi connectivity index (χ0n) is 15.1. The van der Waals surface area contributed by atoms with Gasteiger partial charge in [-0.25, -0.2) is 4.98 Å². The van der Waals surface area contributed by atoms with Crippen LogP contribution in [-0.4, -0.2) is 16.0 Å². The molecule has 0 saturated heterocycles. The van der Waals surface area contributed by atoms with Crippen LogP contribution >= 0.6 is 11.3 Å². The zero-order chi connectivity index (χ0) is 18.1. The van der Waals surface area contributed by atoms with Gasteiger partial charge in [0.1, 0.15) is 5.76 Å². The SMILES string of the molecule is Cc1cc(C)c(-c2csc(NC(=O)Cc3c(C)noc3C)n2)cc1C. The molecule has 0 saturated carbocycles. The number of aryl methyl sites for hydroxylation is 5. The fourth-order valence-electron chi connectivity index (χ4n) is 2.77. The Bertz CT molecular complexity index is 921. The predicted molar refractivity (Wildman–Crippen MR) is 100 cm³/mol. The second-order valence-corrected chi connectivity index (χ2v) is 7.18. The van der Waals surface area contributed by atoms with Crippen molar-refractivity contribution in [3.05, 3.63) is 51.2 Å². The standard InChI is InChI=1S/C19H21N3O2S/c1-10-6-12(3)15(7-11(10)2)17-9-25-19(20-17)21-18(23)8-16-13(4)22-24-14(16)5/h6-7,9H,8H2,1-5H3,(H,20,21,23). The highest BCUT2D eigenvalue weighted by molar-refractivity contribution is 7.14. The van der Waals surface area contributed by atoms with Crippen LogP contribution < -0.4 is 5.32 Å². The third-order valence-corrected chi connectivity index (χ3v) is 5.14. The number of carbonyl (C=O) groups is 1. The third-order valence-electron chi connectivity index (χ3n) is 4.39. The Balaban J connectivity index is 1.76. The summed E-state index contributed by atoms with van der Waals surface area (Å²) in [6, 6.07) is 4.31. The molecule has 0 unspecified atom stereocenters. The number of rotatable bonds is 4. The van der Waals surface area contributed by atoms with Crippen LogP contribution in [-0.2, 0) is 11.2 Å². The van der Waals surface area contributed by atoms with Gasteiger partial charge >= 0.3 is 0 Å². The summed E-state index contributed by atoms with van der Waals surface area (Å²) in [7, 11) is 0. The number of amides is 1. The molecular weight excluding hydrogens is 334 g/mol. The minimum Gasteiger partial charge on any atom is -0.361 e. The molecule has 0 spiro atoms. The molecule has 1 aromatic carbocycles. The number of aromatic nitrogens is 2. The van der Waals surface area contributed by atoms with Crippen LogP contribution in [0.15, 0.2) is 22.0 Å². The molecule has 0 fully saturated rings. The molecule has 0 radical (unpaired) electrons. The van der Waals surface area contributed by atoms with Gasteiger partial charge in [-0.15, -0.1) is 11.3 Å². The van der Waals surface area contributed by atoms with Crippen molar-refractivity contribution in [2.75, 3.05) is 5.32 Å². The van der Waals surface area contributed by atoms with Crippen molar-refractivity contribution in [2.45, 2.75) is 41.0 Å². The Morgan fingerprint density at radius 2 is 1.84 bits per heavy atom. The normalized spacial score (nSPS) is 10.9. The topological polar surface area (TPSA) is 68.0 Å². The maximum Gasteiger partial charge on any atom is 0.230 e. The summed E-state index contributed by atoms with van der Waals surface area (Å²) in [5, 5.41) is 9.32. The molecule has 25 heavy (non-hydrogen) atoms. The minimum atomic E-state index is -0.118. The van der Waals surface area contributed by atoms with E-state index in [0.29, 0.717) is 10.9 Å². The van der Waals surface area contributed by atoms with E-state index in [0.717, 1.165) is 22.5 Å². The van der Waals surface area contributed by atoms with Crippen LogP contribution in [0.2, 0.25) is 0 Å². The van der Waals surface area contributed by atoms with Crippen molar-refractivity contribution in [3.8, 4) is 11.3 Å². The Labute approximate surface area is 151 Å². The van der Waals surface area contributed by atoms with Crippen LogP contribution in [0.25, 0.3) is 11.3 Å².